The van der Waals surface area contributed by atoms with E-state index in [0.717, 1.165) is 6.42 Å². The molecule has 3 heteroatoms. The van der Waals surface area contributed by atoms with Gasteiger partial charge in [-0.25, -0.2) is 4.57 Å². The van der Waals surface area contributed by atoms with Gasteiger partial charge in [0.15, 0.2) is 0 Å². The zero-order chi connectivity index (χ0) is 7.82. The third-order valence-corrected chi connectivity index (χ3v) is 1.82. The molecule has 0 aliphatic carbocycles. The average molecular weight is 162 g/mol. The summed E-state index contributed by atoms with van der Waals surface area (Å²) in [5.41, 5.74) is 0. The minimum atomic E-state index is -0.189. The van der Waals surface area contributed by atoms with Crippen LogP contribution in [0.4, 0.5) is 0 Å². The summed E-state index contributed by atoms with van der Waals surface area (Å²) in [6, 6.07) is 0. The second kappa shape index (κ2) is 7.17. The highest BCUT2D eigenvalue weighted by Crippen LogP contribution is 2.10. The summed E-state index contributed by atoms with van der Waals surface area (Å²) in [4.78, 5) is 0. The Labute approximate surface area is 64.2 Å². The molecule has 1 unspecified atom stereocenters. The summed E-state index contributed by atoms with van der Waals surface area (Å²) in [5.74, 6) is 0.701. The van der Waals surface area contributed by atoms with Gasteiger partial charge < -0.3 is 0 Å². The Morgan fingerprint density at radius 2 is 2.20 bits per heavy atom. The Hall–Kier alpha value is 0.0600. The molecular formula is C7H15O2P. The highest BCUT2D eigenvalue weighted by molar-refractivity contribution is 7.17. The van der Waals surface area contributed by atoms with Crippen molar-refractivity contribution in [2.75, 3.05) is 6.61 Å². The normalized spacial score (nSPS) is 13.8. The predicted molar refractivity (Wildman–Crippen MR) is 42.2 cm³/mol. The molecule has 0 bridgehead atoms. The topological polar surface area (TPSA) is 26.3 Å². The molecule has 2 nitrogen and oxygen atoms in total. The van der Waals surface area contributed by atoms with E-state index in [-0.39, 0.29) is 8.69 Å². The van der Waals surface area contributed by atoms with Crippen molar-refractivity contribution in [3.05, 3.63) is 0 Å². The van der Waals surface area contributed by atoms with Crippen molar-refractivity contribution < 1.29 is 9.09 Å². The molecule has 0 heterocycles. The van der Waals surface area contributed by atoms with Crippen LogP contribution in [0.2, 0.25) is 0 Å². The molecule has 0 aromatic heterocycles. The monoisotopic (exact) mass is 162 g/mol. The first-order valence-electron chi connectivity index (χ1n) is 3.75. The lowest BCUT2D eigenvalue weighted by Crippen LogP contribution is -1.97. The smallest absolute Gasteiger partial charge is 0.294 e. The van der Waals surface area contributed by atoms with Crippen LogP contribution >= 0.6 is 8.69 Å². The van der Waals surface area contributed by atoms with Crippen molar-refractivity contribution in [3.63, 3.8) is 0 Å². The third-order valence-electron chi connectivity index (χ3n) is 1.54. The maximum atomic E-state index is 9.82. The molecule has 10 heavy (non-hydrogen) atoms. The van der Waals surface area contributed by atoms with Gasteiger partial charge in [0.1, 0.15) is 0 Å². The van der Waals surface area contributed by atoms with Crippen LogP contribution in [0.1, 0.15) is 33.1 Å². The second-order valence-corrected chi connectivity index (χ2v) is 3.00. The van der Waals surface area contributed by atoms with Gasteiger partial charge >= 0.3 is 8.69 Å². The fraction of sp³-hybridized carbons (Fsp3) is 1.00. The second-order valence-electron chi connectivity index (χ2n) is 2.59. The summed E-state index contributed by atoms with van der Waals surface area (Å²) in [6.45, 7) is 4.98. The molecule has 0 spiro atoms. The Kier molecular flexibility index (Phi) is 7.21. The van der Waals surface area contributed by atoms with Gasteiger partial charge in [-0.3, -0.25) is 4.52 Å². The van der Waals surface area contributed by atoms with E-state index >= 15 is 0 Å². The Balaban J connectivity index is 3.04. The van der Waals surface area contributed by atoms with E-state index in [4.69, 9.17) is 0 Å². The van der Waals surface area contributed by atoms with Gasteiger partial charge in [-0.2, -0.15) is 0 Å². The van der Waals surface area contributed by atoms with Gasteiger partial charge in [0.25, 0.3) is 0 Å². The first-order valence-corrected chi connectivity index (χ1v) is 4.49. The molecule has 0 fully saturated rings. The first kappa shape index (κ1) is 10.1. The summed E-state index contributed by atoms with van der Waals surface area (Å²) in [7, 11) is -0.189. The highest BCUT2D eigenvalue weighted by Gasteiger charge is 1.99. The standard InChI is InChI=1S/C7H15O2P/c1-3-4-7(2)5-6-9-10-8/h7H,3-6H2,1-2H3. The van der Waals surface area contributed by atoms with E-state index in [0.29, 0.717) is 12.5 Å². The van der Waals surface area contributed by atoms with Crippen molar-refractivity contribution >= 4 is 8.69 Å². The van der Waals surface area contributed by atoms with Crippen molar-refractivity contribution in [1.29, 1.82) is 0 Å². The minimum absolute atomic E-state index is 0.189. The molecule has 60 valence electrons. The molecule has 0 saturated heterocycles. The first-order chi connectivity index (χ1) is 4.81. The lowest BCUT2D eigenvalue weighted by atomic mass is 10.0. The molecule has 0 aliphatic rings. The van der Waals surface area contributed by atoms with Crippen LogP contribution in [0.25, 0.3) is 0 Å². The molecule has 0 saturated carbocycles. The Morgan fingerprint density at radius 3 is 2.70 bits per heavy atom. The molecule has 0 amide bonds. The summed E-state index contributed by atoms with van der Waals surface area (Å²) in [5, 5.41) is 0. The maximum Gasteiger partial charge on any atom is 0.327 e. The lowest BCUT2D eigenvalue weighted by molar-refractivity contribution is 0.299. The molecule has 1 atom stereocenters. The van der Waals surface area contributed by atoms with E-state index in [2.05, 4.69) is 18.4 Å². The van der Waals surface area contributed by atoms with Crippen LogP contribution < -0.4 is 0 Å². The Bertz CT molecular complexity index is 85.7. The van der Waals surface area contributed by atoms with Crippen molar-refractivity contribution in [3.8, 4) is 0 Å². The van der Waals surface area contributed by atoms with Crippen LogP contribution in [0.15, 0.2) is 0 Å². The molecule has 0 aromatic rings. The van der Waals surface area contributed by atoms with E-state index in [1.807, 2.05) is 0 Å². The van der Waals surface area contributed by atoms with Gasteiger partial charge in [0.2, 0.25) is 0 Å². The SMILES string of the molecule is CCCC(C)CCOP=O. The van der Waals surface area contributed by atoms with Crippen LogP contribution in [-0.4, -0.2) is 6.61 Å². The van der Waals surface area contributed by atoms with Crippen molar-refractivity contribution in [2.45, 2.75) is 33.1 Å². The van der Waals surface area contributed by atoms with Crippen LogP contribution in [0, 0.1) is 5.92 Å². The zero-order valence-electron chi connectivity index (χ0n) is 6.67. The average Bonchev–Trinajstić information content (AvgIpc) is 1.89. The molecule has 0 rings (SSSR count). The number of rotatable bonds is 6. The van der Waals surface area contributed by atoms with Gasteiger partial charge in [-0.1, -0.05) is 26.7 Å². The van der Waals surface area contributed by atoms with Crippen LogP contribution in [0.5, 0.6) is 0 Å². The van der Waals surface area contributed by atoms with Gasteiger partial charge in [0, 0.05) is 0 Å². The molecule has 0 radical (unpaired) electrons. The highest BCUT2D eigenvalue weighted by atomic mass is 31.1. The fourth-order valence-electron chi connectivity index (χ4n) is 0.928. The zero-order valence-corrected chi connectivity index (χ0v) is 7.56. The minimum Gasteiger partial charge on any atom is -0.294 e. The predicted octanol–water partition coefficient (Wildman–Crippen LogP) is 3.04. The maximum absolute atomic E-state index is 9.82. The fourth-order valence-corrected chi connectivity index (χ4v) is 1.11. The lowest BCUT2D eigenvalue weighted by Gasteiger charge is -2.06. The van der Waals surface area contributed by atoms with Gasteiger partial charge in [-0.15, -0.1) is 0 Å². The van der Waals surface area contributed by atoms with Crippen molar-refractivity contribution in [2.24, 2.45) is 5.92 Å². The molecule has 0 aliphatic heterocycles. The summed E-state index contributed by atoms with van der Waals surface area (Å²) < 4.78 is 14.5. The molecule has 0 aromatic carbocycles. The van der Waals surface area contributed by atoms with E-state index in [9.17, 15) is 4.57 Å². The molecule has 0 N–H and O–H groups in total. The van der Waals surface area contributed by atoms with E-state index in [1.165, 1.54) is 12.8 Å². The van der Waals surface area contributed by atoms with Crippen LogP contribution in [-0.2, 0) is 9.09 Å². The summed E-state index contributed by atoms with van der Waals surface area (Å²) >= 11 is 0. The molecular weight excluding hydrogens is 147 g/mol. The van der Waals surface area contributed by atoms with Gasteiger partial charge in [0.05, 0.1) is 6.61 Å². The summed E-state index contributed by atoms with van der Waals surface area (Å²) in [6.07, 6.45) is 3.47. The Morgan fingerprint density at radius 1 is 1.50 bits per heavy atom. The number of hydrogen-bond acceptors (Lipinski definition) is 2. The van der Waals surface area contributed by atoms with Crippen molar-refractivity contribution in [1.82, 2.24) is 0 Å². The quantitative estimate of drug-likeness (QED) is 0.443. The van der Waals surface area contributed by atoms with E-state index < -0.39 is 0 Å². The van der Waals surface area contributed by atoms with E-state index in [1.54, 1.807) is 0 Å². The largest absolute Gasteiger partial charge is 0.327 e. The number of hydrogen-bond donors (Lipinski definition) is 0. The third kappa shape index (κ3) is 6.18. The van der Waals surface area contributed by atoms with Crippen LogP contribution in [0.3, 0.4) is 0 Å². The van der Waals surface area contributed by atoms with Gasteiger partial charge in [-0.05, 0) is 12.3 Å².